The second-order valence-electron chi connectivity index (χ2n) is 5.64. The van der Waals surface area contributed by atoms with Crippen LogP contribution < -0.4 is 5.32 Å². The van der Waals surface area contributed by atoms with Crippen LogP contribution >= 0.6 is 11.3 Å². The van der Waals surface area contributed by atoms with Crippen molar-refractivity contribution >= 4 is 33.4 Å². The summed E-state index contributed by atoms with van der Waals surface area (Å²) >= 11 is 1.72. The SMILES string of the molecule is CCNC(=O)CN(CC)C(=O)CCCCc1nc2ccccc2s1. The first kappa shape index (κ1) is 18.4. The van der Waals surface area contributed by atoms with Gasteiger partial charge in [0.1, 0.15) is 0 Å². The number of nitrogens with one attached hydrogen (secondary N) is 1. The van der Waals surface area contributed by atoms with Gasteiger partial charge in [-0.1, -0.05) is 12.1 Å². The highest BCUT2D eigenvalue weighted by atomic mass is 32.1. The number of rotatable bonds is 9. The number of carbonyl (C=O) groups is 2. The first-order valence-corrected chi connectivity index (χ1v) is 9.34. The zero-order valence-electron chi connectivity index (χ0n) is 14.4. The van der Waals surface area contributed by atoms with Gasteiger partial charge in [0.25, 0.3) is 0 Å². The van der Waals surface area contributed by atoms with E-state index in [0.29, 0.717) is 19.5 Å². The molecule has 0 aliphatic rings. The third kappa shape index (κ3) is 5.30. The molecule has 1 N–H and O–H groups in total. The van der Waals surface area contributed by atoms with Crippen molar-refractivity contribution in [2.45, 2.75) is 39.5 Å². The number of para-hydroxylation sites is 1. The number of hydrogen-bond acceptors (Lipinski definition) is 4. The average molecular weight is 347 g/mol. The molecule has 130 valence electrons. The molecule has 0 unspecified atom stereocenters. The van der Waals surface area contributed by atoms with Crippen LogP contribution in [0.3, 0.4) is 0 Å². The number of benzene rings is 1. The molecule has 0 saturated heterocycles. The van der Waals surface area contributed by atoms with E-state index >= 15 is 0 Å². The van der Waals surface area contributed by atoms with Crippen molar-refractivity contribution in [1.29, 1.82) is 0 Å². The molecule has 0 atom stereocenters. The highest BCUT2D eigenvalue weighted by molar-refractivity contribution is 7.18. The van der Waals surface area contributed by atoms with Gasteiger partial charge in [-0.25, -0.2) is 4.98 Å². The van der Waals surface area contributed by atoms with E-state index in [4.69, 9.17) is 0 Å². The van der Waals surface area contributed by atoms with Gasteiger partial charge in [-0.15, -0.1) is 11.3 Å². The van der Waals surface area contributed by atoms with E-state index in [1.807, 2.05) is 32.0 Å². The molecule has 1 aromatic heterocycles. The van der Waals surface area contributed by atoms with E-state index in [1.165, 1.54) is 4.70 Å². The number of carbonyl (C=O) groups excluding carboxylic acids is 2. The van der Waals surface area contributed by atoms with E-state index in [0.717, 1.165) is 29.8 Å². The standard InChI is InChI=1S/C18H25N3O2S/c1-3-19-16(22)13-21(4-2)18(23)12-8-7-11-17-20-14-9-5-6-10-15(14)24-17/h5-6,9-10H,3-4,7-8,11-13H2,1-2H3,(H,19,22). The maximum Gasteiger partial charge on any atom is 0.239 e. The molecule has 2 rings (SSSR count). The van der Waals surface area contributed by atoms with Crippen LogP contribution in [0.15, 0.2) is 24.3 Å². The topological polar surface area (TPSA) is 62.3 Å². The van der Waals surface area contributed by atoms with Crippen LogP contribution in [0.4, 0.5) is 0 Å². The Morgan fingerprint density at radius 1 is 1.21 bits per heavy atom. The third-order valence-electron chi connectivity index (χ3n) is 3.81. The minimum absolute atomic E-state index is 0.0491. The van der Waals surface area contributed by atoms with Crippen molar-refractivity contribution in [3.8, 4) is 0 Å². The Morgan fingerprint density at radius 2 is 2.00 bits per heavy atom. The molecule has 1 aromatic carbocycles. The Labute approximate surface area is 147 Å². The molecular weight excluding hydrogens is 322 g/mol. The Balaban J connectivity index is 1.74. The molecule has 0 radical (unpaired) electrons. The van der Waals surface area contributed by atoms with Gasteiger partial charge in [0.2, 0.25) is 11.8 Å². The van der Waals surface area contributed by atoms with Crippen molar-refractivity contribution in [2.75, 3.05) is 19.6 Å². The number of aromatic nitrogens is 1. The summed E-state index contributed by atoms with van der Waals surface area (Å²) in [4.78, 5) is 30.0. The first-order valence-electron chi connectivity index (χ1n) is 8.53. The average Bonchev–Trinajstić information content (AvgIpc) is 2.99. The summed E-state index contributed by atoms with van der Waals surface area (Å²) in [5.41, 5.74) is 1.05. The van der Waals surface area contributed by atoms with Gasteiger partial charge in [-0.05, 0) is 45.2 Å². The van der Waals surface area contributed by atoms with Crippen LogP contribution in [0.1, 0.15) is 38.1 Å². The van der Waals surface area contributed by atoms with Crippen molar-refractivity contribution < 1.29 is 9.59 Å². The molecule has 0 fully saturated rings. The van der Waals surface area contributed by atoms with E-state index in [2.05, 4.69) is 16.4 Å². The quantitative estimate of drug-likeness (QED) is 0.709. The normalized spacial score (nSPS) is 10.8. The van der Waals surface area contributed by atoms with Crippen molar-refractivity contribution in [3.63, 3.8) is 0 Å². The van der Waals surface area contributed by atoms with E-state index in [1.54, 1.807) is 16.2 Å². The van der Waals surface area contributed by atoms with Crippen LogP contribution in [0.5, 0.6) is 0 Å². The predicted molar refractivity (Wildman–Crippen MR) is 98.1 cm³/mol. The van der Waals surface area contributed by atoms with E-state index in [9.17, 15) is 9.59 Å². The molecule has 0 aliphatic heterocycles. The number of fused-ring (bicyclic) bond motifs is 1. The number of hydrogen-bond donors (Lipinski definition) is 1. The minimum atomic E-state index is -0.0952. The first-order chi connectivity index (χ1) is 11.6. The largest absolute Gasteiger partial charge is 0.355 e. The molecule has 0 saturated carbocycles. The monoisotopic (exact) mass is 347 g/mol. The fourth-order valence-corrected chi connectivity index (χ4v) is 3.55. The second kappa shape index (κ2) is 9.37. The summed E-state index contributed by atoms with van der Waals surface area (Å²) in [5, 5.41) is 3.85. The number of unbranched alkanes of at least 4 members (excludes halogenated alkanes) is 1. The number of likely N-dealkylation sites (N-methyl/N-ethyl adjacent to an activating group) is 2. The zero-order chi connectivity index (χ0) is 17.4. The molecule has 2 aromatic rings. The number of amides is 2. The van der Waals surface area contributed by atoms with Crippen LogP contribution in [0.2, 0.25) is 0 Å². The van der Waals surface area contributed by atoms with E-state index < -0.39 is 0 Å². The van der Waals surface area contributed by atoms with E-state index in [-0.39, 0.29) is 18.4 Å². The number of nitrogens with zero attached hydrogens (tertiary/aromatic N) is 2. The lowest BCUT2D eigenvalue weighted by atomic mass is 10.2. The summed E-state index contributed by atoms with van der Waals surface area (Å²) in [5.74, 6) is -0.0461. The van der Waals surface area contributed by atoms with Crippen LogP contribution in [0.25, 0.3) is 10.2 Å². The molecule has 0 spiro atoms. The summed E-state index contributed by atoms with van der Waals surface area (Å²) in [6.07, 6.45) is 3.14. The van der Waals surface area contributed by atoms with Crippen LogP contribution in [-0.2, 0) is 16.0 Å². The Bertz CT molecular complexity index is 651. The van der Waals surface area contributed by atoms with Crippen molar-refractivity contribution in [3.05, 3.63) is 29.3 Å². The smallest absolute Gasteiger partial charge is 0.239 e. The Morgan fingerprint density at radius 3 is 2.71 bits per heavy atom. The Kier molecular flexibility index (Phi) is 7.18. The highest BCUT2D eigenvalue weighted by Gasteiger charge is 2.14. The summed E-state index contributed by atoms with van der Waals surface area (Å²) in [7, 11) is 0. The summed E-state index contributed by atoms with van der Waals surface area (Å²) in [6.45, 7) is 5.08. The number of thiazole rings is 1. The molecule has 1 heterocycles. The van der Waals surface area contributed by atoms with Gasteiger partial charge in [-0.3, -0.25) is 9.59 Å². The van der Waals surface area contributed by atoms with Gasteiger partial charge in [-0.2, -0.15) is 0 Å². The van der Waals surface area contributed by atoms with Crippen molar-refractivity contribution in [2.24, 2.45) is 0 Å². The Hall–Kier alpha value is -1.95. The lowest BCUT2D eigenvalue weighted by Gasteiger charge is -2.20. The maximum atomic E-state index is 12.2. The van der Waals surface area contributed by atoms with Crippen LogP contribution in [-0.4, -0.2) is 41.3 Å². The fraction of sp³-hybridized carbons (Fsp3) is 0.500. The molecular formula is C18H25N3O2S. The lowest BCUT2D eigenvalue weighted by molar-refractivity contribution is -0.135. The number of aryl methyl sites for hydroxylation is 1. The maximum absolute atomic E-state index is 12.2. The third-order valence-corrected chi connectivity index (χ3v) is 4.91. The lowest BCUT2D eigenvalue weighted by Crippen LogP contribution is -2.40. The van der Waals surface area contributed by atoms with Gasteiger partial charge in [0.05, 0.1) is 21.8 Å². The summed E-state index contributed by atoms with van der Waals surface area (Å²) in [6, 6.07) is 8.13. The highest BCUT2D eigenvalue weighted by Crippen LogP contribution is 2.22. The molecule has 2 amide bonds. The summed E-state index contributed by atoms with van der Waals surface area (Å²) < 4.78 is 1.21. The van der Waals surface area contributed by atoms with Gasteiger partial charge in [0.15, 0.2) is 0 Å². The molecule has 6 heteroatoms. The minimum Gasteiger partial charge on any atom is -0.355 e. The predicted octanol–water partition coefficient (Wildman–Crippen LogP) is 2.99. The zero-order valence-corrected chi connectivity index (χ0v) is 15.2. The molecule has 24 heavy (non-hydrogen) atoms. The van der Waals surface area contributed by atoms with Gasteiger partial charge < -0.3 is 10.2 Å². The second-order valence-corrected chi connectivity index (χ2v) is 6.76. The van der Waals surface area contributed by atoms with Gasteiger partial charge >= 0.3 is 0 Å². The molecule has 0 bridgehead atoms. The van der Waals surface area contributed by atoms with Gasteiger partial charge in [0, 0.05) is 19.5 Å². The van der Waals surface area contributed by atoms with Crippen LogP contribution in [0, 0.1) is 0 Å². The van der Waals surface area contributed by atoms with Crippen molar-refractivity contribution in [1.82, 2.24) is 15.2 Å². The molecule has 5 nitrogen and oxygen atoms in total. The fourth-order valence-electron chi connectivity index (χ4n) is 2.54. The molecule has 0 aliphatic carbocycles.